The summed E-state index contributed by atoms with van der Waals surface area (Å²) in [4.78, 5) is 13.0. The zero-order valence-corrected chi connectivity index (χ0v) is 12.8. The number of thiophene rings is 1. The monoisotopic (exact) mass is 292 g/mol. The molecule has 2 aromatic rings. The van der Waals surface area contributed by atoms with E-state index in [1.165, 1.54) is 4.88 Å². The lowest BCUT2D eigenvalue weighted by Crippen LogP contribution is -2.47. The third kappa shape index (κ3) is 4.09. The van der Waals surface area contributed by atoms with Gasteiger partial charge in [0.15, 0.2) is 0 Å². The maximum atomic E-state index is 11.9. The average molecular weight is 292 g/mol. The van der Waals surface area contributed by atoms with E-state index in [1.807, 2.05) is 49.2 Å². The number of aromatic nitrogens is 2. The zero-order chi connectivity index (χ0) is 14.6. The molecule has 0 saturated heterocycles. The Morgan fingerprint density at radius 1 is 1.45 bits per heavy atom. The Morgan fingerprint density at radius 2 is 2.25 bits per heavy atom. The summed E-state index contributed by atoms with van der Waals surface area (Å²) in [6.07, 6.45) is 3.66. The first-order valence-corrected chi connectivity index (χ1v) is 7.42. The number of nitrogens with zero attached hydrogens (tertiary/aromatic N) is 2. The van der Waals surface area contributed by atoms with E-state index in [0.717, 1.165) is 0 Å². The summed E-state index contributed by atoms with van der Waals surface area (Å²) in [6.45, 7) is 6.37. The van der Waals surface area contributed by atoms with Crippen molar-refractivity contribution in [2.24, 2.45) is 0 Å². The van der Waals surface area contributed by atoms with Gasteiger partial charge in [-0.25, -0.2) is 4.79 Å². The van der Waals surface area contributed by atoms with E-state index in [1.54, 1.807) is 17.5 Å². The van der Waals surface area contributed by atoms with E-state index < -0.39 is 0 Å². The predicted octanol–water partition coefficient (Wildman–Crippen LogP) is 2.63. The molecule has 6 heteroatoms. The fourth-order valence-corrected chi connectivity index (χ4v) is 2.66. The van der Waals surface area contributed by atoms with Crippen LogP contribution in [0.4, 0.5) is 4.79 Å². The van der Waals surface area contributed by atoms with E-state index >= 15 is 0 Å². The van der Waals surface area contributed by atoms with Crippen LogP contribution in [0, 0.1) is 0 Å². The van der Waals surface area contributed by atoms with Gasteiger partial charge in [0.2, 0.25) is 0 Å². The number of hydrogen-bond acceptors (Lipinski definition) is 3. The number of hydrogen-bond donors (Lipinski definition) is 2. The SMILES string of the molecule is CC(C)(C)NC(=O)NCC(c1cccs1)n1cccn1. The lowest BCUT2D eigenvalue weighted by molar-refractivity contribution is 0.230. The summed E-state index contributed by atoms with van der Waals surface area (Å²) in [5.41, 5.74) is -0.242. The lowest BCUT2D eigenvalue weighted by Gasteiger charge is -2.22. The molecule has 0 aliphatic heterocycles. The molecule has 0 aromatic carbocycles. The molecule has 2 aromatic heterocycles. The molecule has 0 aliphatic carbocycles. The second-order valence-corrected chi connectivity index (χ2v) is 6.58. The summed E-state index contributed by atoms with van der Waals surface area (Å²) in [5.74, 6) is 0. The summed E-state index contributed by atoms with van der Waals surface area (Å²) in [6, 6.07) is 5.81. The molecular weight excluding hydrogens is 272 g/mol. The van der Waals surface area contributed by atoms with Crippen molar-refractivity contribution in [3.8, 4) is 0 Å². The van der Waals surface area contributed by atoms with Crippen molar-refractivity contribution in [1.82, 2.24) is 20.4 Å². The minimum absolute atomic E-state index is 0.0238. The Hall–Kier alpha value is -1.82. The maximum absolute atomic E-state index is 11.9. The molecule has 0 saturated carbocycles. The second-order valence-electron chi connectivity index (χ2n) is 5.60. The molecule has 1 unspecified atom stereocenters. The molecule has 108 valence electrons. The van der Waals surface area contributed by atoms with Gasteiger partial charge in [-0.05, 0) is 38.3 Å². The smallest absolute Gasteiger partial charge is 0.315 e. The Bertz CT molecular complexity index is 494. The highest BCUT2D eigenvalue weighted by molar-refractivity contribution is 7.10. The quantitative estimate of drug-likeness (QED) is 0.910. The van der Waals surface area contributed by atoms with Crippen LogP contribution < -0.4 is 10.6 Å². The Kier molecular flexibility index (Phi) is 4.44. The number of urea groups is 1. The Balaban J connectivity index is 2.01. The molecule has 2 amide bonds. The van der Waals surface area contributed by atoms with Gasteiger partial charge in [0.05, 0.1) is 0 Å². The van der Waals surface area contributed by atoms with Crippen molar-refractivity contribution >= 4 is 17.4 Å². The van der Waals surface area contributed by atoms with E-state index in [9.17, 15) is 4.79 Å². The number of nitrogens with one attached hydrogen (secondary N) is 2. The molecule has 2 heterocycles. The molecule has 2 N–H and O–H groups in total. The minimum atomic E-state index is -0.242. The Labute approximate surface area is 123 Å². The van der Waals surface area contributed by atoms with E-state index in [-0.39, 0.29) is 17.6 Å². The number of carbonyl (C=O) groups excluding carboxylic acids is 1. The van der Waals surface area contributed by atoms with Crippen LogP contribution in [-0.4, -0.2) is 27.9 Å². The third-order valence-corrected chi connectivity index (χ3v) is 3.63. The molecule has 20 heavy (non-hydrogen) atoms. The van der Waals surface area contributed by atoms with E-state index in [0.29, 0.717) is 6.54 Å². The van der Waals surface area contributed by atoms with Crippen LogP contribution in [0.2, 0.25) is 0 Å². The van der Waals surface area contributed by atoms with E-state index in [4.69, 9.17) is 0 Å². The fourth-order valence-electron chi connectivity index (χ4n) is 1.84. The van der Waals surface area contributed by atoms with Crippen molar-refractivity contribution in [2.45, 2.75) is 32.4 Å². The number of amides is 2. The van der Waals surface area contributed by atoms with Gasteiger partial charge in [-0.1, -0.05) is 6.07 Å². The van der Waals surface area contributed by atoms with Gasteiger partial charge in [0, 0.05) is 29.4 Å². The minimum Gasteiger partial charge on any atom is -0.336 e. The van der Waals surface area contributed by atoms with Crippen molar-refractivity contribution in [1.29, 1.82) is 0 Å². The first-order chi connectivity index (χ1) is 9.46. The molecule has 0 fully saturated rings. The van der Waals surface area contributed by atoms with Crippen LogP contribution in [0.15, 0.2) is 36.0 Å². The summed E-state index contributed by atoms with van der Waals surface area (Å²) >= 11 is 1.66. The molecular formula is C14H20N4OS. The topological polar surface area (TPSA) is 59.0 Å². The predicted molar refractivity (Wildman–Crippen MR) is 81.0 cm³/mol. The van der Waals surface area contributed by atoms with Crippen LogP contribution in [-0.2, 0) is 0 Å². The highest BCUT2D eigenvalue weighted by atomic mass is 32.1. The molecule has 5 nitrogen and oxygen atoms in total. The normalized spacial score (nSPS) is 12.9. The summed E-state index contributed by atoms with van der Waals surface area (Å²) in [5, 5.41) is 12.1. The maximum Gasteiger partial charge on any atom is 0.315 e. The largest absolute Gasteiger partial charge is 0.336 e. The lowest BCUT2D eigenvalue weighted by atomic mass is 10.1. The summed E-state index contributed by atoms with van der Waals surface area (Å²) < 4.78 is 1.86. The van der Waals surface area contributed by atoms with Gasteiger partial charge in [-0.3, -0.25) is 4.68 Å². The number of rotatable bonds is 4. The second kappa shape index (κ2) is 6.09. The molecule has 0 aliphatic rings. The first-order valence-electron chi connectivity index (χ1n) is 6.54. The third-order valence-electron chi connectivity index (χ3n) is 2.66. The zero-order valence-electron chi connectivity index (χ0n) is 12.0. The average Bonchev–Trinajstić information content (AvgIpc) is 2.98. The molecule has 2 rings (SSSR count). The van der Waals surface area contributed by atoms with Crippen molar-refractivity contribution < 1.29 is 4.79 Å². The molecule has 1 atom stereocenters. The van der Waals surface area contributed by atoms with Gasteiger partial charge >= 0.3 is 6.03 Å². The van der Waals surface area contributed by atoms with Gasteiger partial charge in [-0.2, -0.15) is 5.10 Å². The fraction of sp³-hybridized carbons (Fsp3) is 0.429. The van der Waals surface area contributed by atoms with Crippen LogP contribution >= 0.6 is 11.3 Å². The highest BCUT2D eigenvalue weighted by Gasteiger charge is 2.18. The molecule has 0 spiro atoms. The molecule has 0 bridgehead atoms. The highest BCUT2D eigenvalue weighted by Crippen LogP contribution is 2.21. The van der Waals surface area contributed by atoms with Crippen LogP contribution in [0.25, 0.3) is 0 Å². The van der Waals surface area contributed by atoms with Crippen molar-refractivity contribution in [2.75, 3.05) is 6.54 Å². The van der Waals surface area contributed by atoms with Gasteiger partial charge in [0.25, 0.3) is 0 Å². The number of carbonyl (C=O) groups is 1. The van der Waals surface area contributed by atoms with Gasteiger partial charge in [0.1, 0.15) is 6.04 Å². The van der Waals surface area contributed by atoms with Crippen LogP contribution in [0.1, 0.15) is 31.7 Å². The van der Waals surface area contributed by atoms with Crippen LogP contribution in [0.5, 0.6) is 0 Å². The van der Waals surface area contributed by atoms with Crippen molar-refractivity contribution in [3.63, 3.8) is 0 Å². The Morgan fingerprint density at radius 3 is 2.80 bits per heavy atom. The van der Waals surface area contributed by atoms with E-state index in [2.05, 4.69) is 21.8 Å². The molecule has 0 radical (unpaired) electrons. The van der Waals surface area contributed by atoms with Crippen molar-refractivity contribution in [3.05, 3.63) is 40.8 Å². The van der Waals surface area contributed by atoms with Gasteiger partial charge in [-0.15, -0.1) is 11.3 Å². The van der Waals surface area contributed by atoms with Crippen LogP contribution in [0.3, 0.4) is 0 Å². The van der Waals surface area contributed by atoms with Gasteiger partial charge < -0.3 is 10.6 Å². The standard InChI is InChI=1S/C14H20N4OS/c1-14(2,3)17-13(19)15-10-11(12-6-4-9-20-12)18-8-5-7-16-18/h4-9,11H,10H2,1-3H3,(H2,15,17,19). The first kappa shape index (κ1) is 14.6. The summed E-state index contributed by atoms with van der Waals surface area (Å²) in [7, 11) is 0.